The summed E-state index contributed by atoms with van der Waals surface area (Å²) in [7, 11) is -3.76. The van der Waals surface area contributed by atoms with E-state index >= 15 is 0 Å². The highest BCUT2D eigenvalue weighted by Gasteiger charge is 2.41. The largest absolute Gasteiger partial charge is 0.387 e. The molecule has 1 aromatic carbocycles. The van der Waals surface area contributed by atoms with Crippen LogP contribution in [0.2, 0.25) is 0 Å². The van der Waals surface area contributed by atoms with Crippen LogP contribution in [-0.2, 0) is 19.0 Å². The van der Waals surface area contributed by atoms with Crippen molar-refractivity contribution in [2.75, 3.05) is 6.61 Å². The topological polar surface area (TPSA) is 72.8 Å². The quantitative estimate of drug-likeness (QED) is 0.845. The van der Waals surface area contributed by atoms with E-state index in [0.29, 0.717) is 6.42 Å². The van der Waals surface area contributed by atoms with Crippen LogP contribution in [0, 0.1) is 0 Å². The van der Waals surface area contributed by atoms with Crippen LogP contribution in [0.25, 0.3) is 0 Å². The lowest BCUT2D eigenvalue weighted by molar-refractivity contribution is -0.0317. The number of ether oxygens (including phenoxy) is 1. The van der Waals surface area contributed by atoms with Gasteiger partial charge < -0.3 is 9.84 Å². The van der Waals surface area contributed by atoms with Crippen molar-refractivity contribution in [3.8, 4) is 0 Å². The van der Waals surface area contributed by atoms with Crippen LogP contribution in [0.5, 0.6) is 0 Å². The standard InChI is InChI=1S/C13H18O5S/c1-10-13(2,14)8-11(18-10)9-17-19(15,16)12-6-4-3-5-7-12/h3-7,10-11,14H,8-9H2,1-2H3/t10?,11?,13-/m0/s1. The first-order valence-electron chi connectivity index (χ1n) is 6.13. The van der Waals surface area contributed by atoms with Crippen molar-refractivity contribution >= 4 is 10.1 Å². The molecule has 1 saturated heterocycles. The molecule has 2 rings (SSSR count). The van der Waals surface area contributed by atoms with Crippen LogP contribution in [0.15, 0.2) is 35.2 Å². The molecule has 1 aromatic rings. The Bertz CT molecular complexity index is 523. The molecule has 6 heteroatoms. The lowest BCUT2D eigenvalue weighted by atomic mass is 9.97. The third kappa shape index (κ3) is 3.33. The zero-order valence-electron chi connectivity index (χ0n) is 10.9. The van der Waals surface area contributed by atoms with E-state index in [-0.39, 0.29) is 17.6 Å². The molecule has 1 aliphatic heterocycles. The third-order valence-electron chi connectivity index (χ3n) is 3.35. The van der Waals surface area contributed by atoms with Crippen LogP contribution < -0.4 is 0 Å². The highest BCUT2D eigenvalue weighted by molar-refractivity contribution is 7.86. The molecule has 0 bridgehead atoms. The van der Waals surface area contributed by atoms with E-state index < -0.39 is 21.8 Å². The number of rotatable bonds is 4. The fourth-order valence-corrected chi connectivity index (χ4v) is 2.99. The smallest absolute Gasteiger partial charge is 0.297 e. The molecule has 1 heterocycles. The summed E-state index contributed by atoms with van der Waals surface area (Å²) in [4.78, 5) is 0.118. The number of benzene rings is 1. The Hall–Kier alpha value is -0.950. The van der Waals surface area contributed by atoms with E-state index in [2.05, 4.69) is 0 Å². The number of hydrogen-bond donors (Lipinski definition) is 1. The first kappa shape index (κ1) is 14.5. The van der Waals surface area contributed by atoms with Gasteiger partial charge in [-0.2, -0.15) is 8.42 Å². The summed E-state index contributed by atoms with van der Waals surface area (Å²) in [5.41, 5.74) is -0.940. The van der Waals surface area contributed by atoms with E-state index in [9.17, 15) is 13.5 Å². The van der Waals surface area contributed by atoms with E-state index in [4.69, 9.17) is 8.92 Å². The monoisotopic (exact) mass is 286 g/mol. The second-order valence-corrected chi connectivity index (χ2v) is 6.63. The summed E-state index contributed by atoms with van der Waals surface area (Å²) < 4.78 is 34.2. The van der Waals surface area contributed by atoms with Gasteiger partial charge >= 0.3 is 0 Å². The maximum atomic E-state index is 11.9. The molecule has 0 aromatic heterocycles. The fraction of sp³-hybridized carbons (Fsp3) is 0.538. The predicted octanol–water partition coefficient (Wildman–Crippen LogP) is 1.32. The van der Waals surface area contributed by atoms with E-state index in [1.165, 1.54) is 12.1 Å². The lowest BCUT2D eigenvalue weighted by Crippen LogP contribution is -2.31. The van der Waals surface area contributed by atoms with Crippen molar-refractivity contribution in [3.63, 3.8) is 0 Å². The fourth-order valence-electron chi connectivity index (χ4n) is 2.03. The summed E-state index contributed by atoms with van der Waals surface area (Å²) in [5, 5.41) is 9.95. The zero-order valence-corrected chi connectivity index (χ0v) is 11.8. The molecule has 19 heavy (non-hydrogen) atoms. The molecule has 0 spiro atoms. The minimum Gasteiger partial charge on any atom is -0.387 e. The SMILES string of the molecule is CC1OC(COS(=O)(=O)c2ccccc2)C[C@]1(C)O. The average Bonchev–Trinajstić information content (AvgIpc) is 2.62. The molecule has 3 atom stereocenters. The minimum absolute atomic E-state index is 0.0856. The maximum Gasteiger partial charge on any atom is 0.297 e. The Morgan fingerprint density at radius 1 is 1.42 bits per heavy atom. The molecular formula is C13H18O5S. The Morgan fingerprint density at radius 3 is 2.58 bits per heavy atom. The highest BCUT2D eigenvalue weighted by atomic mass is 32.2. The van der Waals surface area contributed by atoms with E-state index in [1.807, 2.05) is 0 Å². The molecule has 106 valence electrons. The van der Waals surface area contributed by atoms with Crippen molar-refractivity contribution in [2.24, 2.45) is 0 Å². The molecule has 1 aliphatic rings. The summed E-state index contributed by atoms with van der Waals surface area (Å²) in [6, 6.07) is 7.95. The first-order valence-corrected chi connectivity index (χ1v) is 7.54. The molecule has 5 nitrogen and oxygen atoms in total. The molecule has 0 saturated carbocycles. The van der Waals surface area contributed by atoms with Crippen molar-refractivity contribution in [1.29, 1.82) is 0 Å². The lowest BCUT2D eigenvalue weighted by Gasteiger charge is -2.18. The average molecular weight is 286 g/mol. The molecule has 0 aliphatic carbocycles. The van der Waals surface area contributed by atoms with Gasteiger partial charge in [-0.05, 0) is 26.0 Å². The first-order chi connectivity index (χ1) is 8.81. The van der Waals surface area contributed by atoms with Gasteiger partial charge in [0.25, 0.3) is 10.1 Å². The number of hydrogen-bond acceptors (Lipinski definition) is 5. The highest BCUT2D eigenvalue weighted by Crippen LogP contribution is 2.30. The van der Waals surface area contributed by atoms with Crippen molar-refractivity contribution < 1.29 is 22.4 Å². The van der Waals surface area contributed by atoms with Crippen LogP contribution in [0.3, 0.4) is 0 Å². The van der Waals surface area contributed by atoms with Gasteiger partial charge in [-0.3, -0.25) is 4.18 Å². The Kier molecular flexibility index (Phi) is 3.96. The van der Waals surface area contributed by atoms with E-state index in [1.54, 1.807) is 32.0 Å². The molecule has 0 radical (unpaired) electrons. The van der Waals surface area contributed by atoms with Gasteiger partial charge in [-0.25, -0.2) is 0 Å². The van der Waals surface area contributed by atoms with Crippen molar-refractivity contribution in [1.82, 2.24) is 0 Å². The second-order valence-electron chi connectivity index (χ2n) is 5.01. The molecule has 2 unspecified atom stereocenters. The normalized spacial score (nSPS) is 31.5. The molecule has 1 fully saturated rings. The van der Waals surface area contributed by atoms with Crippen molar-refractivity contribution in [3.05, 3.63) is 30.3 Å². The van der Waals surface area contributed by atoms with E-state index in [0.717, 1.165) is 0 Å². The van der Waals surface area contributed by atoms with Crippen molar-refractivity contribution in [2.45, 2.75) is 43.0 Å². The second kappa shape index (κ2) is 5.20. The van der Waals surface area contributed by atoms with Crippen LogP contribution in [-0.4, -0.2) is 37.9 Å². The summed E-state index contributed by atoms with van der Waals surface area (Å²) in [6.07, 6.45) is -0.387. The zero-order chi connectivity index (χ0) is 14.1. The summed E-state index contributed by atoms with van der Waals surface area (Å²) >= 11 is 0. The van der Waals surface area contributed by atoms with Crippen LogP contribution in [0.1, 0.15) is 20.3 Å². The maximum absolute atomic E-state index is 11.9. The van der Waals surface area contributed by atoms with Crippen LogP contribution in [0.4, 0.5) is 0 Å². The van der Waals surface area contributed by atoms with Gasteiger partial charge in [0.05, 0.1) is 29.3 Å². The van der Waals surface area contributed by atoms with Crippen LogP contribution >= 0.6 is 0 Å². The van der Waals surface area contributed by atoms with Gasteiger partial charge in [0.15, 0.2) is 0 Å². The Labute approximate surface area is 113 Å². The summed E-state index contributed by atoms with van der Waals surface area (Å²) in [5.74, 6) is 0. The summed E-state index contributed by atoms with van der Waals surface area (Å²) in [6.45, 7) is 3.34. The molecular weight excluding hydrogens is 268 g/mol. The van der Waals surface area contributed by atoms with Gasteiger partial charge in [0.2, 0.25) is 0 Å². The Morgan fingerprint density at radius 2 is 2.05 bits per heavy atom. The molecule has 0 amide bonds. The van der Waals surface area contributed by atoms with Gasteiger partial charge in [0, 0.05) is 6.42 Å². The molecule has 1 N–H and O–H groups in total. The van der Waals surface area contributed by atoms with Gasteiger partial charge in [0.1, 0.15) is 0 Å². The minimum atomic E-state index is -3.76. The predicted molar refractivity (Wildman–Crippen MR) is 69.2 cm³/mol. The Balaban J connectivity index is 1.97. The number of aliphatic hydroxyl groups is 1. The van der Waals surface area contributed by atoms with Gasteiger partial charge in [-0.1, -0.05) is 18.2 Å². The van der Waals surface area contributed by atoms with Gasteiger partial charge in [-0.15, -0.1) is 0 Å². The third-order valence-corrected chi connectivity index (χ3v) is 4.65.